The molecule has 2 rings (SSSR count). The first kappa shape index (κ1) is 32.4. The van der Waals surface area contributed by atoms with Gasteiger partial charge in [-0.3, -0.25) is 0 Å². The summed E-state index contributed by atoms with van der Waals surface area (Å²) < 4.78 is 2.68. The van der Waals surface area contributed by atoms with Crippen molar-refractivity contribution in [2.75, 3.05) is 0 Å². The minimum Gasteiger partial charge on any atom is -0.0654 e. The zero-order valence-corrected chi connectivity index (χ0v) is 28.2. The SMILES string of the molecule is CCCCCCCCCCCCc1c(Br)c(Br)c(CCCCCCCCCCCC)c2c1SSS2. The summed E-state index contributed by atoms with van der Waals surface area (Å²) in [6.45, 7) is 4.60. The van der Waals surface area contributed by atoms with Gasteiger partial charge < -0.3 is 0 Å². The third-order valence-electron chi connectivity index (χ3n) is 7.27. The normalized spacial score (nSPS) is 13.0. The van der Waals surface area contributed by atoms with Crippen molar-refractivity contribution in [3.8, 4) is 0 Å². The molecule has 0 atom stereocenters. The summed E-state index contributed by atoms with van der Waals surface area (Å²) in [5, 5.41) is 0. The van der Waals surface area contributed by atoms with Crippen molar-refractivity contribution in [2.24, 2.45) is 0 Å². The van der Waals surface area contributed by atoms with Gasteiger partial charge in [-0.2, -0.15) is 0 Å². The third-order valence-corrected chi connectivity index (χ3v) is 13.7. The van der Waals surface area contributed by atoms with Gasteiger partial charge in [-0.25, -0.2) is 0 Å². The monoisotopic (exact) mass is 664 g/mol. The lowest BCUT2D eigenvalue weighted by atomic mass is 10.00. The molecule has 0 saturated carbocycles. The van der Waals surface area contributed by atoms with Crippen LogP contribution in [0.4, 0.5) is 0 Å². The van der Waals surface area contributed by atoms with E-state index in [0.717, 1.165) is 0 Å². The van der Waals surface area contributed by atoms with E-state index in [2.05, 4.69) is 45.7 Å². The number of halogens is 2. The van der Waals surface area contributed by atoms with Crippen LogP contribution in [0.2, 0.25) is 0 Å². The Kier molecular flexibility index (Phi) is 19.6. The first-order chi connectivity index (χ1) is 17.2. The van der Waals surface area contributed by atoms with Crippen LogP contribution >= 0.6 is 63.3 Å². The van der Waals surface area contributed by atoms with Gasteiger partial charge >= 0.3 is 0 Å². The average molecular weight is 667 g/mol. The van der Waals surface area contributed by atoms with Crippen molar-refractivity contribution in [3.63, 3.8) is 0 Å². The molecule has 1 aromatic rings. The van der Waals surface area contributed by atoms with Gasteiger partial charge in [0.15, 0.2) is 0 Å². The van der Waals surface area contributed by atoms with E-state index in [9.17, 15) is 0 Å². The van der Waals surface area contributed by atoms with E-state index in [4.69, 9.17) is 0 Å². The van der Waals surface area contributed by atoms with Gasteiger partial charge in [0.1, 0.15) is 0 Å². The van der Waals surface area contributed by atoms with Crippen molar-refractivity contribution in [3.05, 3.63) is 20.1 Å². The van der Waals surface area contributed by atoms with Crippen molar-refractivity contribution >= 4 is 63.3 Å². The highest BCUT2D eigenvalue weighted by Crippen LogP contribution is 2.60. The van der Waals surface area contributed by atoms with Crippen LogP contribution in [-0.2, 0) is 12.8 Å². The Hall–Kier alpha value is 1.23. The predicted octanol–water partition coefficient (Wildman–Crippen LogP) is 13.9. The second kappa shape index (κ2) is 21.1. The zero-order valence-electron chi connectivity index (χ0n) is 22.5. The number of unbranched alkanes of at least 4 members (excludes halogenated alkanes) is 18. The zero-order chi connectivity index (χ0) is 25.1. The summed E-state index contributed by atoms with van der Waals surface area (Å²) in [5.74, 6) is 0. The molecule has 0 spiro atoms. The van der Waals surface area contributed by atoms with Gasteiger partial charge in [0, 0.05) is 18.7 Å². The molecule has 202 valence electrons. The number of fused-ring (bicyclic) bond motifs is 1. The van der Waals surface area contributed by atoms with Crippen molar-refractivity contribution in [1.82, 2.24) is 0 Å². The van der Waals surface area contributed by atoms with Gasteiger partial charge in [0.05, 0.1) is 0 Å². The maximum atomic E-state index is 4.00. The lowest BCUT2D eigenvalue weighted by Gasteiger charge is -2.17. The van der Waals surface area contributed by atoms with Crippen LogP contribution in [0.5, 0.6) is 0 Å². The molecule has 0 nitrogen and oxygen atoms in total. The van der Waals surface area contributed by atoms with E-state index in [0.29, 0.717) is 0 Å². The Morgan fingerprint density at radius 3 is 1.03 bits per heavy atom. The summed E-state index contributed by atoms with van der Waals surface area (Å²) in [6, 6.07) is 0. The van der Waals surface area contributed by atoms with Crippen LogP contribution in [0, 0.1) is 0 Å². The fraction of sp³-hybridized carbons (Fsp3) is 0.800. The highest BCUT2D eigenvalue weighted by atomic mass is 79.9. The highest BCUT2D eigenvalue weighted by molar-refractivity contribution is 9.13. The Bertz CT molecular complexity index is 636. The molecular formula is C30H50Br2S3. The molecule has 1 aromatic carbocycles. The molecule has 1 aliphatic rings. The molecular weight excluding hydrogens is 616 g/mol. The molecule has 5 heteroatoms. The van der Waals surface area contributed by atoms with E-state index < -0.39 is 0 Å². The highest BCUT2D eigenvalue weighted by Gasteiger charge is 2.26. The fourth-order valence-electron chi connectivity index (χ4n) is 5.02. The summed E-state index contributed by atoms with van der Waals surface area (Å²) >= 11 is 8.00. The van der Waals surface area contributed by atoms with Crippen LogP contribution in [0.25, 0.3) is 0 Å². The van der Waals surface area contributed by atoms with Gasteiger partial charge in [-0.15, -0.1) is 0 Å². The molecule has 1 aliphatic heterocycles. The van der Waals surface area contributed by atoms with E-state index in [-0.39, 0.29) is 0 Å². The maximum absolute atomic E-state index is 4.00. The molecule has 0 amide bonds. The third kappa shape index (κ3) is 12.8. The molecule has 35 heavy (non-hydrogen) atoms. The molecule has 0 radical (unpaired) electrons. The Morgan fingerprint density at radius 2 is 0.714 bits per heavy atom. The largest absolute Gasteiger partial charge is 0.0654 e. The quantitative estimate of drug-likeness (QED) is 0.0893. The van der Waals surface area contributed by atoms with Crippen LogP contribution in [0.1, 0.15) is 153 Å². The number of hydrogen-bond acceptors (Lipinski definition) is 3. The fourth-order valence-corrected chi connectivity index (χ4v) is 11.4. The Balaban J connectivity index is 1.70. The Morgan fingerprint density at radius 1 is 0.429 bits per heavy atom. The Labute approximate surface area is 246 Å². The lowest BCUT2D eigenvalue weighted by molar-refractivity contribution is 0.554. The van der Waals surface area contributed by atoms with Crippen molar-refractivity contribution in [1.29, 1.82) is 0 Å². The molecule has 0 aromatic heterocycles. The number of hydrogen-bond donors (Lipinski definition) is 0. The predicted molar refractivity (Wildman–Crippen MR) is 172 cm³/mol. The molecule has 0 unspecified atom stereocenters. The minimum absolute atomic E-state index is 1.21. The van der Waals surface area contributed by atoms with Crippen LogP contribution in [0.15, 0.2) is 18.7 Å². The smallest absolute Gasteiger partial charge is 0.0383 e. The van der Waals surface area contributed by atoms with Gasteiger partial charge in [-0.05, 0) is 100 Å². The second-order valence-electron chi connectivity index (χ2n) is 10.3. The van der Waals surface area contributed by atoms with E-state index in [1.165, 1.54) is 150 Å². The summed E-state index contributed by atoms with van der Waals surface area (Å²) in [6.07, 6.45) is 30.5. The van der Waals surface area contributed by atoms with E-state index in [1.807, 2.05) is 31.4 Å². The van der Waals surface area contributed by atoms with Gasteiger partial charge in [-0.1, -0.05) is 129 Å². The van der Waals surface area contributed by atoms with Crippen molar-refractivity contribution in [2.45, 2.75) is 165 Å². The average Bonchev–Trinajstić information content (AvgIpc) is 3.34. The van der Waals surface area contributed by atoms with E-state index >= 15 is 0 Å². The van der Waals surface area contributed by atoms with Gasteiger partial charge in [0.2, 0.25) is 0 Å². The number of benzene rings is 1. The second-order valence-corrected chi connectivity index (χ2v) is 15.8. The van der Waals surface area contributed by atoms with Crippen LogP contribution in [0.3, 0.4) is 0 Å². The minimum atomic E-state index is 1.21. The number of rotatable bonds is 22. The first-order valence-corrected chi connectivity index (χ1v) is 19.8. The molecule has 0 aliphatic carbocycles. The van der Waals surface area contributed by atoms with Gasteiger partial charge in [0.25, 0.3) is 0 Å². The van der Waals surface area contributed by atoms with E-state index in [1.54, 1.807) is 20.9 Å². The first-order valence-electron chi connectivity index (χ1n) is 14.7. The molecule has 0 fully saturated rings. The maximum Gasteiger partial charge on any atom is 0.0383 e. The summed E-state index contributed by atoms with van der Waals surface area (Å²) in [7, 11) is 5.96. The van der Waals surface area contributed by atoms with Crippen LogP contribution < -0.4 is 0 Å². The van der Waals surface area contributed by atoms with Crippen LogP contribution in [-0.4, -0.2) is 0 Å². The summed E-state index contributed by atoms with van der Waals surface area (Å²) in [4.78, 5) is 3.13. The topological polar surface area (TPSA) is 0 Å². The lowest BCUT2D eigenvalue weighted by Crippen LogP contribution is -1.99. The summed E-state index contributed by atoms with van der Waals surface area (Å²) in [5.41, 5.74) is 3.11. The molecule has 0 N–H and O–H groups in total. The standard InChI is InChI=1S/C30H50Br2S3/c1-3-5-7-9-11-13-15-17-19-21-23-25-27(31)28(32)26(30-29(25)33-35-34-30)24-22-20-18-16-14-12-10-8-6-4-2/h3-24H2,1-2H3. The molecule has 0 bridgehead atoms. The molecule has 1 heterocycles. The molecule has 0 saturated heterocycles. The van der Waals surface area contributed by atoms with Crippen molar-refractivity contribution < 1.29 is 0 Å².